The lowest BCUT2D eigenvalue weighted by Gasteiger charge is -2.21. The van der Waals surface area contributed by atoms with Crippen LogP contribution >= 0.6 is 7.92 Å². The molecule has 1 atom stereocenters. The summed E-state index contributed by atoms with van der Waals surface area (Å²) in [6.07, 6.45) is 0. The van der Waals surface area contributed by atoms with Gasteiger partial charge in [-0.2, -0.15) is 8.42 Å². The van der Waals surface area contributed by atoms with E-state index in [1.54, 1.807) is 19.1 Å². The molecular formula is C21H21O3PS. The van der Waals surface area contributed by atoms with Gasteiger partial charge in [0.05, 0.1) is 4.90 Å². The highest BCUT2D eigenvalue weighted by Crippen LogP contribution is 2.34. The van der Waals surface area contributed by atoms with Crippen LogP contribution in [0.3, 0.4) is 0 Å². The molecule has 3 nitrogen and oxygen atoms in total. The molecule has 3 rings (SSSR count). The summed E-state index contributed by atoms with van der Waals surface area (Å²) in [5, 5.41) is 3.18. The van der Waals surface area contributed by atoms with E-state index < -0.39 is 18.0 Å². The van der Waals surface area contributed by atoms with Gasteiger partial charge in [0.1, 0.15) is 0 Å². The van der Waals surface area contributed by atoms with Gasteiger partial charge in [0.25, 0.3) is 10.1 Å². The maximum Gasteiger partial charge on any atom is 0.294 e. The van der Waals surface area contributed by atoms with Crippen molar-refractivity contribution < 1.29 is 13.0 Å². The van der Waals surface area contributed by atoms with Gasteiger partial charge in [-0.25, -0.2) is 0 Å². The van der Waals surface area contributed by atoms with Crippen LogP contribution in [0.4, 0.5) is 0 Å². The van der Waals surface area contributed by atoms with Gasteiger partial charge >= 0.3 is 0 Å². The lowest BCUT2D eigenvalue weighted by atomic mass is 10.1. The Kier molecular flexibility index (Phi) is 5.29. The molecule has 3 aromatic carbocycles. The smallest absolute Gasteiger partial charge is 0.282 e. The van der Waals surface area contributed by atoms with E-state index in [-0.39, 0.29) is 4.90 Å². The highest BCUT2D eigenvalue weighted by atomic mass is 32.2. The number of hydrogen-bond donors (Lipinski definition) is 1. The Labute approximate surface area is 156 Å². The number of rotatable bonds is 4. The van der Waals surface area contributed by atoms with Crippen molar-refractivity contribution in [2.45, 2.75) is 25.7 Å². The fraction of sp³-hybridized carbons (Fsp3) is 0.143. The summed E-state index contributed by atoms with van der Waals surface area (Å²) in [5.41, 5.74) is 2.96. The minimum absolute atomic E-state index is 0.0257. The second kappa shape index (κ2) is 7.32. The van der Waals surface area contributed by atoms with Gasteiger partial charge in [-0.3, -0.25) is 4.55 Å². The van der Waals surface area contributed by atoms with Crippen molar-refractivity contribution in [1.29, 1.82) is 0 Å². The van der Waals surface area contributed by atoms with Gasteiger partial charge in [-0.1, -0.05) is 60.7 Å². The molecule has 0 spiro atoms. The molecule has 0 amide bonds. The zero-order valence-electron chi connectivity index (χ0n) is 15.0. The molecule has 5 heteroatoms. The molecule has 0 bridgehead atoms. The third-order valence-corrected chi connectivity index (χ3v) is 7.87. The van der Waals surface area contributed by atoms with Crippen LogP contribution < -0.4 is 15.9 Å². The molecule has 3 aromatic rings. The van der Waals surface area contributed by atoms with Crippen LogP contribution in [0.2, 0.25) is 0 Å². The maximum absolute atomic E-state index is 11.8. The Hall–Kier alpha value is -2.00. The fourth-order valence-corrected chi connectivity index (χ4v) is 6.13. The fourth-order valence-electron chi connectivity index (χ4n) is 2.89. The zero-order valence-corrected chi connectivity index (χ0v) is 16.7. The lowest BCUT2D eigenvalue weighted by Crippen LogP contribution is -2.22. The van der Waals surface area contributed by atoms with E-state index in [9.17, 15) is 13.0 Å². The van der Waals surface area contributed by atoms with Crippen molar-refractivity contribution in [3.8, 4) is 0 Å². The summed E-state index contributed by atoms with van der Waals surface area (Å²) < 4.78 is 33.1. The van der Waals surface area contributed by atoms with E-state index in [1.807, 2.05) is 24.3 Å². The van der Waals surface area contributed by atoms with E-state index in [2.05, 4.69) is 44.2 Å². The first-order valence-corrected chi connectivity index (χ1v) is 11.1. The van der Waals surface area contributed by atoms with Crippen molar-refractivity contribution in [1.82, 2.24) is 0 Å². The normalized spacial score (nSPS) is 12.8. The Morgan fingerprint density at radius 3 is 1.85 bits per heavy atom. The van der Waals surface area contributed by atoms with Gasteiger partial charge < -0.3 is 0 Å². The van der Waals surface area contributed by atoms with E-state index in [0.717, 1.165) is 15.9 Å². The average molecular weight is 384 g/mol. The summed E-state index contributed by atoms with van der Waals surface area (Å²) in [6.45, 7) is 5.84. The molecule has 0 fully saturated rings. The molecule has 0 saturated carbocycles. The summed E-state index contributed by atoms with van der Waals surface area (Å²) in [5.74, 6) is 0. The monoisotopic (exact) mass is 384 g/mol. The second-order valence-electron chi connectivity index (χ2n) is 6.36. The molecule has 0 aliphatic carbocycles. The van der Waals surface area contributed by atoms with E-state index in [4.69, 9.17) is 0 Å². The summed E-state index contributed by atoms with van der Waals surface area (Å²) in [6, 6.07) is 21.8. The van der Waals surface area contributed by atoms with Gasteiger partial charge in [0.2, 0.25) is 0 Å². The predicted octanol–water partition coefficient (Wildman–Crippen LogP) is 3.62. The van der Waals surface area contributed by atoms with E-state index in [0.29, 0.717) is 5.56 Å². The van der Waals surface area contributed by atoms with E-state index >= 15 is 0 Å². The van der Waals surface area contributed by atoms with Gasteiger partial charge in [-0.05, 0) is 67.4 Å². The minimum Gasteiger partial charge on any atom is -0.282 e. The lowest BCUT2D eigenvalue weighted by molar-refractivity contribution is 0.482. The number of benzene rings is 3. The molecule has 0 aliphatic heterocycles. The van der Waals surface area contributed by atoms with Crippen LogP contribution in [0.5, 0.6) is 0 Å². The third kappa shape index (κ3) is 3.88. The van der Waals surface area contributed by atoms with Crippen LogP contribution in [0.15, 0.2) is 71.6 Å². The largest absolute Gasteiger partial charge is 0.294 e. The zero-order chi connectivity index (χ0) is 18.9. The van der Waals surface area contributed by atoms with Gasteiger partial charge in [-0.15, -0.1) is 0 Å². The minimum atomic E-state index is -4.26. The van der Waals surface area contributed by atoms with Crippen molar-refractivity contribution in [3.63, 3.8) is 0 Å². The number of hydrogen-bond acceptors (Lipinski definition) is 2. The maximum atomic E-state index is 11.8. The molecule has 26 heavy (non-hydrogen) atoms. The van der Waals surface area contributed by atoms with Crippen LogP contribution in [0, 0.1) is 20.8 Å². The van der Waals surface area contributed by atoms with Crippen molar-refractivity contribution in [2.75, 3.05) is 0 Å². The molecule has 0 aromatic heterocycles. The van der Waals surface area contributed by atoms with Crippen molar-refractivity contribution in [3.05, 3.63) is 83.4 Å². The first kappa shape index (κ1) is 18.8. The molecule has 1 N–H and O–H groups in total. The predicted molar refractivity (Wildman–Crippen MR) is 109 cm³/mol. The average Bonchev–Trinajstić information content (AvgIpc) is 2.59. The van der Waals surface area contributed by atoms with Crippen LogP contribution in [-0.4, -0.2) is 13.0 Å². The topological polar surface area (TPSA) is 54.4 Å². The first-order valence-electron chi connectivity index (χ1n) is 8.28. The quantitative estimate of drug-likeness (QED) is 0.552. The highest BCUT2D eigenvalue weighted by molar-refractivity contribution is 7.86. The molecule has 0 heterocycles. The molecule has 134 valence electrons. The van der Waals surface area contributed by atoms with Gasteiger partial charge in [0, 0.05) is 0 Å². The highest BCUT2D eigenvalue weighted by Gasteiger charge is 2.21. The molecule has 0 radical (unpaired) electrons. The standard InChI is InChI=1S/C21H21O3PS/c1-15-9-11-19(13-17(15)3)25(18-7-5-4-6-8-18)20-12-10-16(2)21(14-20)26(22,23)24/h4-14H,1-3H3,(H,22,23,24). The summed E-state index contributed by atoms with van der Waals surface area (Å²) in [4.78, 5) is -0.0257. The van der Waals surface area contributed by atoms with Gasteiger partial charge in [0.15, 0.2) is 0 Å². The van der Waals surface area contributed by atoms with Crippen LogP contribution in [-0.2, 0) is 10.1 Å². The van der Waals surface area contributed by atoms with Crippen LogP contribution in [0.25, 0.3) is 0 Å². The Balaban J connectivity index is 2.24. The summed E-state index contributed by atoms with van der Waals surface area (Å²) in [7, 11) is -5.18. The SMILES string of the molecule is Cc1ccc(P(c2ccccc2)c2ccc(C)c(S(=O)(=O)O)c2)cc1C. The molecule has 1 unspecified atom stereocenters. The Morgan fingerprint density at radius 2 is 1.27 bits per heavy atom. The summed E-state index contributed by atoms with van der Waals surface area (Å²) >= 11 is 0. The third-order valence-electron chi connectivity index (χ3n) is 4.47. The van der Waals surface area contributed by atoms with Crippen molar-refractivity contribution >= 4 is 34.0 Å². The molecular weight excluding hydrogens is 363 g/mol. The number of aryl methyl sites for hydroxylation is 3. The van der Waals surface area contributed by atoms with Crippen molar-refractivity contribution in [2.24, 2.45) is 0 Å². The van der Waals surface area contributed by atoms with E-state index in [1.165, 1.54) is 11.1 Å². The Morgan fingerprint density at radius 1 is 0.692 bits per heavy atom. The molecule has 0 saturated heterocycles. The second-order valence-corrected chi connectivity index (χ2v) is 9.97. The first-order chi connectivity index (χ1) is 12.3. The molecule has 0 aliphatic rings. The van der Waals surface area contributed by atoms with Crippen LogP contribution in [0.1, 0.15) is 16.7 Å². The Bertz CT molecular complexity index is 1040.